The molecule has 0 aliphatic heterocycles. The van der Waals surface area contributed by atoms with Crippen LogP contribution in [0, 0.1) is 16.2 Å². The summed E-state index contributed by atoms with van der Waals surface area (Å²) in [7, 11) is 0. The maximum absolute atomic E-state index is 6.99. The van der Waals surface area contributed by atoms with Crippen LogP contribution in [0.25, 0.3) is 0 Å². The first-order chi connectivity index (χ1) is 28.6. The predicted molar refractivity (Wildman–Crippen MR) is 268 cm³/mol. The zero-order valence-electron chi connectivity index (χ0n) is 46.9. The van der Waals surface area contributed by atoms with Crippen LogP contribution in [0.2, 0.25) is 0 Å². The van der Waals surface area contributed by atoms with E-state index in [0.717, 1.165) is 83.7 Å². The Morgan fingerprint density at radius 1 is 0.349 bits per heavy atom. The highest BCUT2D eigenvalue weighted by Crippen LogP contribution is 2.46. The third-order valence-corrected chi connectivity index (χ3v) is 16.1. The minimum atomic E-state index is -0.319. The molecule has 0 saturated heterocycles. The quantitative estimate of drug-likeness (QED) is 0.0568. The van der Waals surface area contributed by atoms with Crippen molar-refractivity contribution in [2.75, 3.05) is 46.2 Å². The van der Waals surface area contributed by atoms with E-state index in [1.54, 1.807) is 0 Å². The van der Waals surface area contributed by atoms with Gasteiger partial charge in [-0.15, -0.1) is 0 Å². The molecule has 0 bridgehead atoms. The maximum Gasteiger partial charge on any atom is 0.0708 e. The molecule has 0 N–H and O–H groups in total. The van der Waals surface area contributed by atoms with Gasteiger partial charge < -0.3 is 37.9 Å². The Morgan fingerprint density at radius 2 is 0.714 bits per heavy atom. The van der Waals surface area contributed by atoms with E-state index in [0.29, 0.717) is 39.6 Å². The molecular formula is C55H112O8. The van der Waals surface area contributed by atoms with Crippen LogP contribution >= 0.6 is 0 Å². The zero-order valence-corrected chi connectivity index (χ0v) is 46.9. The van der Waals surface area contributed by atoms with Crippen LogP contribution in [0.5, 0.6) is 0 Å². The van der Waals surface area contributed by atoms with E-state index in [1.807, 2.05) is 0 Å². The average Bonchev–Trinajstić information content (AvgIpc) is 3.17. The van der Waals surface area contributed by atoms with E-state index in [9.17, 15) is 0 Å². The predicted octanol–water partition coefficient (Wildman–Crippen LogP) is 15.1. The van der Waals surface area contributed by atoms with Crippen molar-refractivity contribution < 1.29 is 37.9 Å². The fourth-order valence-corrected chi connectivity index (χ4v) is 8.00. The van der Waals surface area contributed by atoms with Crippen LogP contribution in [-0.4, -0.2) is 97.7 Å². The van der Waals surface area contributed by atoms with Gasteiger partial charge in [-0.2, -0.15) is 0 Å². The van der Waals surface area contributed by atoms with Gasteiger partial charge in [0.2, 0.25) is 0 Å². The summed E-state index contributed by atoms with van der Waals surface area (Å²) < 4.78 is 52.1. The van der Waals surface area contributed by atoms with Crippen LogP contribution in [-0.2, 0) is 37.9 Å². The first-order valence-corrected chi connectivity index (χ1v) is 25.7. The van der Waals surface area contributed by atoms with E-state index in [4.69, 9.17) is 37.9 Å². The highest BCUT2D eigenvalue weighted by molar-refractivity contribution is 4.93. The molecule has 0 fully saturated rings. The van der Waals surface area contributed by atoms with E-state index in [2.05, 4.69) is 166 Å². The lowest BCUT2D eigenvalue weighted by Gasteiger charge is -2.46. The summed E-state index contributed by atoms with van der Waals surface area (Å²) in [6, 6.07) is 0. The topological polar surface area (TPSA) is 73.8 Å². The summed E-state index contributed by atoms with van der Waals surface area (Å²) in [6.45, 7) is 58.1. The lowest BCUT2D eigenvalue weighted by molar-refractivity contribution is -0.177. The van der Waals surface area contributed by atoms with E-state index in [1.165, 1.54) is 0 Å². The minimum absolute atomic E-state index is 0.00316. The second-order valence-electron chi connectivity index (χ2n) is 24.2. The first-order valence-electron chi connectivity index (χ1n) is 25.7. The summed E-state index contributed by atoms with van der Waals surface area (Å²) in [6.07, 6.45) is 11.1. The Labute approximate surface area is 393 Å². The van der Waals surface area contributed by atoms with E-state index in [-0.39, 0.29) is 67.7 Å². The maximum atomic E-state index is 6.99. The SMILES string of the molecule is CCC(C)(C)OCCC(C)(C)OCCC(C)(C)C(C)(CC)COC(C)CC(C)(CC)OCCOC(C)(CC)CC(C)OC(C)(CC)C(C)(C)CCOC(C)(C)CCOC(C)(C)CC. The molecule has 0 aliphatic carbocycles. The van der Waals surface area contributed by atoms with Crippen molar-refractivity contribution in [2.45, 2.75) is 295 Å². The van der Waals surface area contributed by atoms with Crippen LogP contribution in [0.15, 0.2) is 0 Å². The van der Waals surface area contributed by atoms with Crippen molar-refractivity contribution in [1.29, 1.82) is 0 Å². The minimum Gasteiger partial charge on any atom is -0.378 e. The Kier molecular flexibility index (Phi) is 26.3. The Balaban J connectivity index is 5.17. The summed E-state index contributed by atoms with van der Waals surface area (Å²) in [4.78, 5) is 0. The molecule has 0 saturated carbocycles. The van der Waals surface area contributed by atoms with Gasteiger partial charge in [-0.3, -0.25) is 0 Å². The number of hydrogen-bond donors (Lipinski definition) is 0. The van der Waals surface area contributed by atoms with Gasteiger partial charge in [0.05, 0.1) is 84.4 Å². The third kappa shape index (κ3) is 23.0. The zero-order chi connectivity index (χ0) is 49.2. The van der Waals surface area contributed by atoms with Crippen molar-refractivity contribution in [1.82, 2.24) is 0 Å². The van der Waals surface area contributed by atoms with Gasteiger partial charge in [0.15, 0.2) is 0 Å². The summed E-state index contributed by atoms with van der Waals surface area (Å²) in [5.41, 5.74) is -1.64. The van der Waals surface area contributed by atoms with Crippen LogP contribution < -0.4 is 0 Å². The Morgan fingerprint density at radius 3 is 1.08 bits per heavy atom. The van der Waals surface area contributed by atoms with Gasteiger partial charge in [-0.05, 0) is 170 Å². The van der Waals surface area contributed by atoms with E-state index < -0.39 is 0 Å². The lowest BCUT2D eigenvalue weighted by atomic mass is 9.64. The average molecular weight is 901 g/mol. The van der Waals surface area contributed by atoms with Crippen molar-refractivity contribution in [3.63, 3.8) is 0 Å². The summed E-state index contributed by atoms with van der Waals surface area (Å²) in [5.74, 6) is 0. The summed E-state index contributed by atoms with van der Waals surface area (Å²) >= 11 is 0. The van der Waals surface area contributed by atoms with Gasteiger partial charge in [0.1, 0.15) is 0 Å². The van der Waals surface area contributed by atoms with Crippen molar-refractivity contribution in [2.24, 2.45) is 16.2 Å². The highest BCUT2D eigenvalue weighted by atomic mass is 16.6. The van der Waals surface area contributed by atoms with Gasteiger partial charge in [-0.1, -0.05) is 76.2 Å². The molecule has 380 valence electrons. The molecule has 0 aromatic heterocycles. The number of rotatable bonds is 38. The van der Waals surface area contributed by atoms with Crippen molar-refractivity contribution >= 4 is 0 Å². The standard InChI is InChI=1S/C55H112O8/c1-25-48(13,14)57-37-33-50(17,18)59-35-31-46(9,10)52(21,27-3)43-56-44(7)41-53(22,28-4)61-39-40-62-54(23,29-5)42-45(8)63-55(24,30-6)47(11,12)32-36-60-51(19,20)34-38-58-49(15,16)26-2/h44-45H,25-43H2,1-24H3. The molecule has 0 aliphatic rings. The Bertz CT molecular complexity index is 1230. The summed E-state index contributed by atoms with van der Waals surface area (Å²) in [5, 5.41) is 0. The molecular weight excluding hydrogens is 789 g/mol. The second kappa shape index (κ2) is 26.4. The van der Waals surface area contributed by atoms with Crippen LogP contribution in [0.1, 0.15) is 243 Å². The van der Waals surface area contributed by atoms with Gasteiger partial charge in [0, 0.05) is 26.1 Å². The van der Waals surface area contributed by atoms with Gasteiger partial charge in [-0.25, -0.2) is 0 Å². The molecule has 0 rings (SSSR count). The molecule has 0 aromatic carbocycles. The molecule has 8 heteroatoms. The van der Waals surface area contributed by atoms with Crippen molar-refractivity contribution in [3.8, 4) is 0 Å². The molecule has 8 nitrogen and oxygen atoms in total. The molecule has 0 amide bonds. The van der Waals surface area contributed by atoms with Gasteiger partial charge >= 0.3 is 0 Å². The third-order valence-electron chi connectivity index (χ3n) is 16.1. The van der Waals surface area contributed by atoms with Crippen molar-refractivity contribution in [3.05, 3.63) is 0 Å². The van der Waals surface area contributed by atoms with Gasteiger partial charge in [0.25, 0.3) is 0 Å². The monoisotopic (exact) mass is 901 g/mol. The molecule has 0 heterocycles. The number of ether oxygens (including phenoxy) is 8. The van der Waals surface area contributed by atoms with E-state index >= 15 is 0 Å². The first kappa shape index (κ1) is 62.7. The fourth-order valence-electron chi connectivity index (χ4n) is 8.00. The molecule has 0 spiro atoms. The van der Waals surface area contributed by atoms with Crippen LogP contribution in [0.4, 0.5) is 0 Å². The molecule has 63 heavy (non-hydrogen) atoms. The molecule has 6 atom stereocenters. The lowest BCUT2D eigenvalue weighted by Crippen LogP contribution is -2.48. The number of hydrogen-bond acceptors (Lipinski definition) is 8. The molecule has 6 unspecified atom stereocenters. The largest absolute Gasteiger partial charge is 0.378 e. The highest BCUT2D eigenvalue weighted by Gasteiger charge is 2.43. The normalized spacial score (nSPS) is 18.7. The van der Waals surface area contributed by atoms with Crippen LogP contribution in [0.3, 0.4) is 0 Å². The molecule has 0 radical (unpaired) electrons. The molecule has 0 aromatic rings. The Hall–Kier alpha value is -0.320. The smallest absolute Gasteiger partial charge is 0.0708 e. The second-order valence-corrected chi connectivity index (χ2v) is 24.2. The fraction of sp³-hybridized carbons (Fsp3) is 1.00.